The zero-order chi connectivity index (χ0) is 12.5. The van der Waals surface area contributed by atoms with Crippen LogP contribution < -0.4 is 0 Å². The Bertz CT molecular complexity index is 429. The van der Waals surface area contributed by atoms with E-state index in [1.165, 1.54) is 0 Å². The fourth-order valence-electron chi connectivity index (χ4n) is 1.15. The number of phenols is 1. The first-order chi connectivity index (χ1) is 7.21. The Balaban J connectivity index is 3.28. The van der Waals surface area contributed by atoms with Gasteiger partial charge in [-0.25, -0.2) is 0 Å². The minimum absolute atomic E-state index is 0.123. The van der Waals surface area contributed by atoms with Crippen LogP contribution in [0.4, 0.5) is 13.2 Å². The van der Waals surface area contributed by atoms with E-state index in [1.54, 1.807) is 0 Å². The second-order valence-corrected chi connectivity index (χ2v) is 3.45. The number of carboxylic acid groups (broad SMARTS) is 1. The smallest absolute Gasteiger partial charge is 0.420 e. The molecule has 0 spiro atoms. The molecular weight excluding hydrogens is 249 g/mol. The summed E-state index contributed by atoms with van der Waals surface area (Å²) in [5.41, 5.74) is -1.46. The third kappa shape index (κ3) is 2.79. The van der Waals surface area contributed by atoms with Gasteiger partial charge in [-0.05, 0) is 17.7 Å². The molecule has 1 aromatic carbocycles. The summed E-state index contributed by atoms with van der Waals surface area (Å²) in [5, 5.41) is 17.0. The molecule has 0 unspecified atom stereocenters. The molecule has 88 valence electrons. The van der Waals surface area contributed by atoms with Crippen molar-refractivity contribution in [3.8, 4) is 5.75 Å². The van der Waals surface area contributed by atoms with Gasteiger partial charge in [0.2, 0.25) is 0 Å². The van der Waals surface area contributed by atoms with Gasteiger partial charge in [-0.15, -0.1) is 0 Å². The maximum Gasteiger partial charge on any atom is 0.420 e. The van der Waals surface area contributed by atoms with Crippen molar-refractivity contribution < 1.29 is 28.2 Å². The first-order valence-electron chi connectivity index (χ1n) is 4.02. The Morgan fingerprint density at radius 2 is 1.94 bits per heavy atom. The third-order valence-electron chi connectivity index (χ3n) is 1.78. The number of halogens is 4. The maximum atomic E-state index is 12.4. The summed E-state index contributed by atoms with van der Waals surface area (Å²) in [6.45, 7) is 0. The van der Waals surface area contributed by atoms with Crippen LogP contribution in [0.1, 0.15) is 11.1 Å². The molecule has 7 heteroatoms. The van der Waals surface area contributed by atoms with E-state index in [1.807, 2.05) is 0 Å². The van der Waals surface area contributed by atoms with Gasteiger partial charge in [0.15, 0.2) is 0 Å². The number of phenolic OH excluding ortho intramolecular Hbond substituents is 1. The molecule has 0 saturated heterocycles. The van der Waals surface area contributed by atoms with Crippen molar-refractivity contribution in [2.24, 2.45) is 0 Å². The lowest BCUT2D eigenvalue weighted by Crippen LogP contribution is -2.08. The highest BCUT2D eigenvalue weighted by Gasteiger charge is 2.35. The highest BCUT2D eigenvalue weighted by Crippen LogP contribution is 2.40. The molecule has 0 aliphatic rings. The van der Waals surface area contributed by atoms with Crippen molar-refractivity contribution in [3.63, 3.8) is 0 Å². The van der Waals surface area contributed by atoms with E-state index in [9.17, 15) is 18.0 Å². The molecule has 1 aromatic rings. The van der Waals surface area contributed by atoms with E-state index in [-0.39, 0.29) is 5.56 Å². The van der Waals surface area contributed by atoms with E-state index in [0.29, 0.717) is 6.07 Å². The fourth-order valence-corrected chi connectivity index (χ4v) is 1.39. The second kappa shape index (κ2) is 4.21. The predicted octanol–water partition coefficient (Wildman–Crippen LogP) is 2.69. The summed E-state index contributed by atoms with van der Waals surface area (Å²) in [6, 6.07) is 1.55. The number of rotatable bonds is 2. The van der Waals surface area contributed by atoms with E-state index in [0.717, 1.165) is 6.07 Å². The second-order valence-electron chi connectivity index (χ2n) is 3.04. The Morgan fingerprint density at radius 1 is 1.38 bits per heavy atom. The average molecular weight is 255 g/mol. The molecule has 0 amide bonds. The lowest BCUT2D eigenvalue weighted by molar-refractivity contribution is -0.139. The average Bonchev–Trinajstić information content (AvgIpc) is 2.08. The SMILES string of the molecule is O=C(O)Cc1cc(Cl)c(O)c(C(F)(F)F)c1. The van der Waals surface area contributed by atoms with Crippen molar-refractivity contribution in [3.05, 3.63) is 28.3 Å². The molecule has 0 aromatic heterocycles. The molecule has 0 bridgehead atoms. The van der Waals surface area contributed by atoms with E-state index < -0.39 is 34.9 Å². The van der Waals surface area contributed by atoms with Gasteiger partial charge in [0.1, 0.15) is 5.75 Å². The summed E-state index contributed by atoms with van der Waals surface area (Å²) >= 11 is 5.37. The molecule has 3 nitrogen and oxygen atoms in total. The molecule has 0 saturated carbocycles. The number of alkyl halides is 3. The Kier molecular flexibility index (Phi) is 3.32. The Hall–Kier alpha value is -1.43. The highest BCUT2D eigenvalue weighted by molar-refractivity contribution is 6.32. The van der Waals surface area contributed by atoms with Crippen LogP contribution in [0.3, 0.4) is 0 Å². The van der Waals surface area contributed by atoms with Crippen molar-refractivity contribution in [1.82, 2.24) is 0 Å². The lowest BCUT2D eigenvalue weighted by Gasteiger charge is -2.11. The molecule has 1 rings (SSSR count). The molecule has 0 aliphatic heterocycles. The number of aliphatic carboxylic acids is 1. The molecule has 0 heterocycles. The summed E-state index contributed by atoms with van der Waals surface area (Å²) in [5.74, 6) is -2.38. The first kappa shape index (κ1) is 12.6. The minimum atomic E-state index is -4.78. The van der Waals surface area contributed by atoms with E-state index >= 15 is 0 Å². The number of hydrogen-bond donors (Lipinski definition) is 2. The zero-order valence-corrected chi connectivity index (χ0v) is 8.43. The van der Waals surface area contributed by atoms with Gasteiger partial charge < -0.3 is 10.2 Å². The van der Waals surface area contributed by atoms with Gasteiger partial charge in [0.05, 0.1) is 17.0 Å². The zero-order valence-electron chi connectivity index (χ0n) is 7.68. The summed E-state index contributed by atoms with van der Waals surface area (Å²) in [4.78, 5) is 10.3. The van der Waals surface area contributed by atoms with Crippen LogP contribution in [0, 0.1) is 0 Å². The van der Waals surface area contributed by atoms with Crippen LogP contribution in [0.5, 0.6) is 5.75 Å². The van der Waals surface area contributed by atoms with Crippen LogP contribution in [0.25, 0.3) is 0 Å². The number of carbonyl (C=O) groups is 1. The standard InChI is InChI=1S/C9H6ClF3O3/c10-6-2-4(3-7(14)15)1-5(8(6)16)9(11,12)13/h1-2,16H,3H2,(H,14,15). The Labute approximate surface area is 93.1 Å². The summed E-state index contributed by atoms with van der Waals surface area (Å²) < 4.78 is 37.1. The normalized spacial score (nSPS) is 11.5. The van der Waals surface area contributed by atoms with Gasteiger partial charge in [-0.1, -0.05) is 11.6 Å². The van der Waals surface area contributed by atoms with E-state index in [2.05, 4.69) is 0 Å². The van der Waals surface area contributed by atoms with Gasteiger partial charge in [-0.2, -0.15) is 13.2 Å². The molecule has 2 N–H and O–H groups in total. The van der Waals surface area contributed by atoms with Gasteiger partial charge in [-0.3, -0.25) is 4.79 Å². The summed E-state index contributed by atoms with van der Waals surface area (Å²) in [7, 11) is 0. The van der Waals surface area contributed by atoms with Crippen LogP contribution in [0.2, 0.25) is 5.02 Å². The maximum absolute atomic E-state index is 12.4. The van der Waals surface area contributed by atoms with E-state index in [4.69, 9.17) is 21.8 Å². The Morgan fingerprint density at radius 3 is 2.38 bits per heavy atom. The van der Waals surface area contributed by atoms with Crippen molar-refractivity contribution >= 4 is 17.6 Å². The van der Waals surface area contributed by atoms with Crippen molar-refractivity contribution in [1.29, 1.82) is 0 Å². The first-order valence-corrected chi connectivity index (χ1v) is 4.40. The molecule has 16 heavy (non-hydrogen) atoms. The van der Waals surface area contributed by atoms with Gasteiger partial charge in [0.25, 0.3) is 0 Å². The largest absolute Gasteiger partial charge is 0.506 e. The van der Waals surface area contributed by atoms with Crippen LogP contribution >= 0.6 is 11.6 Å². The molecule has 0 radical (unpaired) electrons. The minimum Gasteiger partial charge on any atom is -0.506 e. The summed E-state index contributed by atoms with van der Waals surface area (Å²) in [6.07, 6.45) is -5.37. The molecular formula is C9H6ClF3O3. The topological polar surface area (TPSA) is 57.5 Å². The monoisotopic (exact) mass is 254 g/mol. The predicted molar refractivity (Wildman–Crippen MR) is 49.5 cm³/mol. The molecule has 0 aliphatic carbocycles. The van der Waals surface area contributed by atoms with Crippen LogP contribution in [0.15, 0.2) is 12.1 Å². The molecule has 0 atom stereocenters. The number of carboxylic acids is 1. The quantitative estimate of drug-likeness (QED) is 0.853. The van der Waals surface area contributed by atoms with Gasteiger partial charge in [0, 0.05) is 0 Å². The van der Waals surface area contributed by atoms with Crippen molar-refractivity contribution in [2.75, 3.05) is 0 Å². The van der Waals surface area contributed by atoms with Crippen LogP contribution in [-0.4, -0.2) is 16.2 Å². The van der Waals surface area contributed by atoms with Crippen molar-refractivity contribution in [2.45, 2.75) is 12.6 Å². The molecule has 0 fully saturated rings. The lowest BCUT2D eigenvalue weighted by atomic mass is 10.1. The highest BCUT2D eigenvalue weighted by atomic mass is 35.5. The number of hydrogen-bond acceptors (Lipinski definition) is 2. The number of benzene rings is 1. The third-order valence-corrected chi connectivity index (χ3v) is 2.07. The van der Waals surface area contributed by atoms with Gasteiger partial charge >= 0.3 is 12.1 Å². The fraction of sp³-hybridized carbons (Fsp3) is 0.222. The van der Waals surface area contributed by atoms with Crippen LogP contribution in [-0.2, 0) is 17.4 Å². The number of aromatic hydroxyl groups is 1.